The molecule has 0 aliphatic rings. The van der Waals surface area contributed by atoms with Crippen molar-refractivity contribution >= 4 is 10.0 Å². The minimum absolute atomic E-state index is 0.0232. The van der Waals surface area contributed by atoms with Crippen LogP contribution >= 0.6 is 0 Å². The third kappa shape index (κ3) is 5.27. The van der Waals surface area contributed by atoms with Gasteiger partial charge in [0.25, 0.3) is 0 Å². The molecule has 3 aromatic rings. The lowest BCUT2D eigenvalue weighted by molar-refractivity contribution is 0.307. The fourth-order valence-electron chi connectivity index (χ4n) is 2.55. The zero-order chi connectivity index (χ0) is 20.9. The molecule has 0 bridgehead atoms. The highest BCUT2D eigenvalue weighted by Crippen LogP contribution is 2.24. The number of sulfonamides is 1. The van der Waals surface area contributed by atoms with Gasteiger partial charge in [0.15, 0.2) is 0 Å². The van der Waals surface area contributed by atoms with Crippen LogP contribution in [0.3, 0.4) is 0 Å². The number of methoxy groups -OCH3 is 1. The molecule has 0 fully saturated rings. The lowest BCUT2D eigenvalue weighted by atomic mass is 10.1. The molecule has 0 aliphatic carbocycles. The zero-order valence-corrected chi connectivity index (χ0v) is 16.7. The lowest BCUT2D eigenvalue weighted by Gasteiger charge is -2.11. The number of benzene rings is 2. The second-order valence-electron chi connectivity index (χ2n) is 6.16. The monoisotopic (exact) mass is 417 g/mol. The van der Waals surface area contributed by atoms with Crippen molar-refractivity contribution in [1.29, 1.82) is 0 Å². The van der Waals surface area contributed by atoms with Gasteiger partial charge in [-0.3, -0.25) is 0 Å². The second kappa shape index (κ2) is 8.97. The Labute approximate surface area is 168 Å². The quantitative estimate of drug-likeness (QED) is 0.567. The van der Waals surface area contributed by atoms with Crippen molar-refractivity contribution in [3.05, 3.63) is 66.0 Å². The second-order valence-corrected chi connectivity index (χ2v) is 7.90. The van der Waals surface area contributed by atoms with Gasteiger partial charge >= 0.3 is 0 Å². The van der Waals surface area contributed by atoms with E-state index < -0.39 is 15.8 Å². The molecule has 0 radical (unpaired) electrons. The van der Waals surface area contributed by atoms with Gasteiger partial charge in [-0.1, -0.05) is 29.8 Å². The molecule has 0 atom stereocenters. The van der Waals surface area contributed by atoms with Crippen LogP contribution in [0.4, 0.5) is 4.39 Å². The van der Waals surface area contributed by atoms with Gasteiger partial charge in [0.2, 0.25) is 15.9 Å². The molecule has 2 aromatic carbocycles. The van der Waals surface area contributed by atoms with Gasteiger partial charge in [0.1, 0.15) is 23.1 Å². The fourth-order valence-corrected chi connectivity index (χ4v) is 3.74. The van der Waals surface area contributed by atoms with Gasteiger partial charge in [-0.15, -0.1) is 10.2 Å². The van der Waals surface area contributed by atoms with Crippen LogP contribution in [0.15, 0.2) is 59.5 Å². The minimum atomic E-state index is -3.96. The highest BCUT2D eigenvalue weighted by molar-refractivity contribution is 7.89. The lowest BCUT2D eigenvalue weighted by Crippen LogP contribution is -2.28. The molecular weight excluding hydrogens is 397 g/mol. The van der Waals surface area contributed by atoms with Crippen molar-refractivity contribution in [2.24, 2.45) is 0 Å². The van der Waals surface area contributed by atoms with E-state index in [2.05, 4.69) is 14.9 Å². The molecule has 0 saturated heterocycles. The molecule has 0 unspecified atom stereocenters. The summed E-state index contributed by atoms with van der Waals surface area (Å²) in [6.45, 7) is 1.99. The molecule has 1 aromatic heterocycles. The molecule has 9 heteroatoms. The average Bonchev–Trinajstić information content (AvgIpc) is 2.72. The zero-order valence-electron chi connectivity index (χ0n) is 15.9. The topological polar surface area (TPSA) is 90.4 Å². The Bertz CT molecular complexity index is 1070. The van der Waals surface area contributed by atoms with E-state index in [1.807, 2.05) is 31.2 Å². The summed E-state index contributed by atoms with van der Waals surface area (Å²) in [4.78, 5) is -0.276. The van der Waals surface area contributed by atoms with Crippen LogP contribution in [-0.2, 0) is 10.0 Å². The maximum Gasteiger partial charge on any atom is 0.244 e. The number of aromatic nitrogens is 2. The minimum Gasteiger partial charge on any atom is -0.495 e. The van der Waals surface area contributed by atoms with Crippen LogP contribution < -0.4 is 14.2 Å². The predicted octanol–water partition coefficient (Wildman–Crippen LogP) is 2.96. The van der Waals surface area contributed by atoms with Gasteiger partial charge in [0, 0.05) is 18.2 Å². The van der Waals surface area contributed by atoms with Crippen molar-refractivity contribution in [2.45, 2.75) is 11.8 Å². The smallest absolute Gasteiger partial charge is 0.244 e. The first kappa shape index (κ1) is 20.7. The normalized spacial score (nSPS) is 11.3. The van der Waals surface area contributed by atoms with E-state index in [4.69, 9.17) is 9.47 Å². The Balaban J connectivity index is 1.56. The maximum atomic E-state index is 13.4. The number of rotatable bonds is 8. The number of halogens is 1. The van der Waals surface area contributed by atoms with Gasteiger partial charge in [0.05, 0.1) is 12.8 Å². The first-order valence-electron chi connectivity index (χ1n) is 8.76. The van der Waals surface area contributed by atoms with E-state index in [-0.39, 0.29) is 29.7 Å². The van der Waals surface area contributed by atoms with E-state index in [1.165, 1.54) is 13.2 Å². The molecule has 3 rings (SSSR count). The number of ether oxygens (including phenoxy) is 2. The molecule has 7 nitrogen and oxygen atoms in total. The summed E-state index contributed by atoms with van der Waals surface area (Å²) in [5.74, 6) is -0.354. The van der Waals surface area contributed by atoms with Gasteiger partial charge in [-0.25, -0.2) is 17.5 Å². The van der Waals surface area contributed by atoms with Crippen molar-refractivity contribution in [3.8, 4) is 22.9 Å². The third-order valence-electron chi connectivity index (χ3n) is 4.05. The Morgan fingerprint density at radius 3 is 2.45 bits per heavy atom. The summed E-state index contributed by atoms with van der Waals surface area (Å²) < 4.78 is 50.9. The molecule has 1 N–H and O–H groups in total. The number of nitrogens with one attached hydrogen (secondary N) is 1. The molecule has 0 amide bonds. The van der Waals surface area contributed by atoms with Crippen molar-refractivity contribution < 1.29 is 22.3 Å². The number of aryl methyl sites for hydroxylation is 1. The first-order chi connectivity index (χ1) is 13.9. The molecule has 152 valence electrons. The number of hydrogen-bond acceptors (Lipinski definition) is 6. The summed E-state index contributed by atoms with van der Waals surface area (Å²) in [6.07, 6.45) is 0. The van der Waals surface area contributed by atoms with E-state index in [0.717, 1.165) is 23.3 Å². The van der Waals surface area contributed by atoms with E-state index in [9.17, 15) is 12.8 Å². The van der Waals surface area contributed by atoms with Crippen LogP contribution in [0.1, 0.15) is 5.56 Å². The third-order valence-corrected chi connectivity index (χ3v) is 5.53. The van der Waals surface area contributed by atoms with Crippen molar-refractivity contribution in [1.82, 2.24) is 14.9 Å². The molecule has 0 saturated carbocycles. The molecule has 0 aliphatic heterocycles. The number of nitrogens with zero attached hydrogens (tertiary/aromatic N) is 2. The van der Waals surface area contributed by atoms with E-state index in [0.29, 0.717) is 5.69 Å². The predicted molar refractivity (Wildman–Crippen MR) is 106 cm³/mol. The van der Waals surface area contributed by atoms with Crippen LogP contribution in [-0.4, -0.2) is 38.9 Å². The Kier molecular flexibility index (Phi) is 6.40. The highest BCUT2D eigenvalue weighted by Gasteiger charge is 2.20. The molecule has 0 spiro atoms. The largest absolute Gasteiger partial charge is 0.495 e. The SMILES string of the molecule is COc1ccc(F)cc1S(=O)(=O)NCCOc1ccc(-c2ccc(C)cc2)nn1. The van der Waals surface area contributed by atoms with Crippen molar-refractivity contribution in [3.63, 3.8) is 0 Å². The van der Waals surface area contributed by atoms with Crippen LogP contribution in [0, 0.1) is 12.7 Å². The molecular formula is C20H20FN3O4S. The first-order valence-corrected chi connectivity index (χ1v) is 10.2. The van der Waals surface area contributed by atoms with E-state index in [1.54, 1.807) is 12.1 Å². The summed E-state index contributed by atoms with van der Waals surface area (Å²) in [6, 6.07) is 14.6. The van der Waals surface area contributed by atoms with Crippen LogP contribution in [0.2, 0.25) is 0 Å². The van der Waals surface area contributed by atoms with E-state index >= 15 is 0 Å². The summed E-state index contributed by atoms with van der Waals surface area (Å²) >= 11 is 0. The molecule has 1 heterocycles. The number of hydrogen-bond donors (Lipinski definition) is 1. The fraction of sp³-hybridized carbons (Fsp3) is 0.200. The van der Waals surface area contributed by atoms with Crippen LogP contribution in [0.25, 0.3) is 11.3 Å². The highest BCUT2D eigenvalue weighted by atomic mass is 32.2. The summed E-state index contributed by atoms with van der Waals surface area (Å²) in [7, 11) is -2.64. The van der Waals surface area contributed by atoms with Gasteiger partial charge < -0.3 is 9.47 Å². The standard InChI is InChI=1S/C20H20FN3O4S/c1-14-3-5-15(6-4-14)17-8-10-20(24-23-17)28-12-11-22-29(25,26)19-13-16(21)7-9-18(19)27-2/h3-10,13,22H,11-12H2,1-2H3. The Morgan fingerprint density at radius 1 is 1.03 bits per heavy atom. The van der Waals surface area contributed by atoms with Gasteiger partial charge in [-0.2, -0.15) is 0 Å². The van der Waals surface area contributed by atoms with Crippen molar-refractivity contribution in [2.75, 3.05) is 20.3 Å². The molecule has 29 heavy (non-hydrogen) atoms. The average molecular weight is 417 g/mol. The summed E-state index contributed by atoms with van der Waals surface area (Å²) in [5.41, 5.74) is 2.79. The van der Waals surface area contributed by atoms with Crippen LogP contribution in [0.5, 0.6) is 11.6 Å². The van der Waals surface area contributed by atoms with Gasteiger partial charge in [-0.05, 0) is 31.2 Å². The Morgan fingerprint density at radius 2 is 1.79 bits per heavy atom. The Hall–Kier alpha value is -3.04. The summed E-state index contributed by atoms with van der Waals surface area (Å²) in [5, 5.41) is 8.10. The maximum absolute atomic E-state index is 13.4.